The summed E-state index contributed by atoms with van der Waals surface area (Å²) in [5, 5.41) is 11.0. The van der Waals surface area contributed by atoms with Crippen LogP contribution in [-0.4, -0.2) is 21.6 Å². The first-order valence-electron chi connectivity index (χ1n) is 9.93. The summed E-state index contributed by atoms with van der Waals surface area (Å²) in [6.07, 6.45) is 0. The molecule has 2 heterocycles. The molecule has 0 atom stereocenters. The molecule has 0 aliphatic carbocycles. The Morgan fingerprint density at radius 1 is 1.09 bits per heavy atom. The van der Waals surface area contributed by atoms with Gasteiger partial charge in [0.05, 0.1) is 24.7 Å². The van der Waals surface area contributed by atoms with Gasteiger partial charge in [0.2, 0.25) is 0 Å². The Morgan fingerprint density at radius 2 is 1.91 bits per heavy atom. The first-order chi connectivity index (χ1) is 15.6. The third kappa shape index (κ3) is 3.81. The Kier molecular flexibility index (Phi) is 5.86. The molecule has 0 saturated carbocycles. The van der Waals surface area contributed by atoms with E-state index in [0.717, 1.165) is 11.0 Å². The fourth-order valence-electron chi connectivity index (χ4n) is 3.99. The van der Waals surface area contributed by atoms with Crippen molar-refractivity contribution in [2.75, 3.05) is 7.11 Å². The third-order valence-corrected chi connectivity index (χ3v) is 5.44. The van der Waals surface area contributed by atoms with Gasteiger partial charge in [0.1, 0.15) is 29.2 Å². The topological polar surface area (TPSA) is 83.7 Å². The van der Waals surface area contributed by atoms with Gasteiger partial charge in [0, 0.05) is 16.3 Å². The summed E-state index contributed by atoms with van der Waals surface area (Å²) in [6.45, 7) is 0.0701. The van der Waals surface area contributed by atoms with E-state index in [-0.39, 0.29) is 30.2 Å². The summed E-state index contributed by atoms with van der Waals surface area (Å²) >= 11 is 0. The molecule has 0 fully saturated rings. The molecule has 5 aromatic rings. The first-order valence-corrected chi connectivity index (χ1v) is 9.93. The Labute approximate surface area is 194 Å². The molecule has 164 valence electrons. The zero-order valence-electron chi connectivity index (χ0n) is 17.5. The number of imidazole rings is 1. The van der Waals surface area contributed by atoms with Gasteiger partial charge in [-0.2, -0.15) is 5.26 Å². The van der Waals surface area contributed by atoms with Crippen molar-refractivity contribution in [2.24, 2.45) is 0 Å². The minimum atomic E-state index is -0.433. The zero-order chi connectivity index (χ0) is 22.2. The molecule has 0 spiro atoms. The molecule has 2 aromatic heterocycles. The van der Waals surface area contributed by atoms with Crippen LogP contribution in [0.25, 0.3) is 32.9 Å². The fraction of sp³-hybridized carbons (Fsp3) is 0.0800. The van der Waals surface area contributed by atoms with Crippen molar-refractivity contribution in [1.29, 1.82) is 5.26 Å². The van der Waals surface area contributed by atoms with Crippen LogP contribution >= 0.6 is 12.4 Å². The number of benzene rings is 3. The Hall–Kier alpha value is -4.15. The van der Waals surface area contributed by atoms with Crippen LogP contribution in [0.3, 0.4) is 0 Å². The van der Waals surface area contributed by atoms with Gasteiger partial charge in [0.15, 0.2) is 0 Å². The Balaban J connectivity index is 0.00000259. The molecule has 0 unspecified atom stereocenters. The lowest BCUT2D eigenvalue weighted by Gasteiger charge is -2.16. The molecule has 0 aliphatic rings. The molecule has 6 nitrogen and oxygen atoms in total. The van der Waals surface area contributed by atoms with Crippen molar-refractivity contribution >= 4 is 34.2 Å². The van der Waals surface area contributed by atoms with Crippen LogP contribution in [-0.2, 0) is 6.54 Å². The summed E-state index contributed by atoms with van der Waals surface area (Å²) in [5.41, 5.74) is 2.37. The summed E-state index contributed by atoms with van der Waals surface area (Å²) in [5.74, 6) is 0.647. The van der Waals surface area contributed by atoms with Crippen molar-refractivity contribution in [3.63, 3.8) is 0 Å². The number of halogens is 2. The van der Waals surface area contributed by atoms with E-state index in [9.17, 15) is 14.4 Å². The summed E-state index contributed by atoms with van der Waals surface area (Å²) in [7, 11) is 1.52. The van der Waals surface area contributed by atoms with E-state index in [1.807, 2.05) is 24.3 Å². The molecular formula is C25H18ClFN4O2. The number of nitrogens with zero attached hydrogens (tertiary/aromatic N) is 3. The first kappa shape index (κ1) is 22.1. The van der Waals surface area contributed by atoms with Gasteiger partial charge in [-0.15, -0.1) is 12.4 Å². The van der Waals surface area contributed by atoms with Crippen LogP contribution in [0.5, 0.6) is 5.75 Å². The second-order valence-corrected chi connectivity index (χ2v) is 7.35. The Morgan fingerprint density at radius 3 is 2.64 bits per heavy atom. The average molecular weight is 461 g/mol. The number of nitriles is 1. The van der Waals surface area contributed by atoms with Crippen LogP contribution in [0.15, 0.2) is 71.5 Å². The number of para-hydroxylation sites is 2. The second-order valence-electron chi connectivity index (χ2n) is 7.35. The highest BCUT2D eigenvalue weighted by molar-refractivity contribution is 5.99. The third-order valence-electron chi connectivity index (χ3n) is 5.44. The number of rotatable bonds is 4. The molecule has 0 saturated heterocycles. The van der Waals surface area contributed by atoms with Gasteiger partial charge in [0.25, 0.3) is 5.56 Å². The maximum Gasteiger partial charge on any atom is 0.259 e. The van der Waals surface area contributed by atoms with Crippen LogP contribution in [0.1, 0.15) is 11.5 Å². The van der Waals surface area contributed by atoms with E-state index in [0.29, 0.717) is 33.5 Å². The number of aromatic amines is 1. The van der Waals surface area contributed by atoms with Gasteiger partial charge in [-0.05, 0) is 48.0 Å². The van der Waals surface area contributed by atoms with E-state index < -0.39 is 5.82 Å². The number of hydrogen-bond donors (Lipinski definition) is 1. The highest BCUT2D eigenvalue weighted by atomic mass is 35.5. The van der Waals surface area contributed by atoms with Crippen molar-refractivity contribution in [3.05, 3.63) is 94.4 Å². The van der Waals surface area contributed by atoms with Crippen LogP contribution in [0.4, 0.5) is 4.39 Å². The lowest BCUT2D eigenvalue weighted by Crippen LogP contribution is -2.25. The minimum Gasteiger partial charge on any atom is -0.497 e. The van der Waals surface area contributed by atoms with Gasteiger partial charge >= 0.3 is 0 Å². The molecule has 1 N–H and O–H groups in total. The van der Waals surface area contributed by atoms with Crippen LogP contribution in [0.2, 0.25) is 0 Å². The highest BCUT2D eigenvalue weighted by Crippen LogP contribution is 2.33. The monoisotopic (exact) mass is 460 g/mol. The number of aromatic nitrogens is 3. The van der Waals surface area contributed by atoms with Gasteiger partial charge < -0.3 is 9.72 Å². The molecule has 0 amide bonds. The van der Waals surface area contributed by atoms with Crippen molar-refractivity contribution < 1.29 is 9.13 Å². The number of ether oxygens (including phenoxy) is 1. The highest BCUT2D eigenvalue weighted by Gasteiger charge is 2.20. The minimum absolute atomic E-state index is 0. The molecular weight excluding hydrogens is 443 g/mol. The van der Waals surface area contributed by atoms with Crippen molar-refractivity contribution in [1.82, 2.24) is 14.5 Å². The number of methoxy groups -OCH3 is 1. The predicted molar refractivity (Wildman–Crippen MR) is 127 cm³/mol. The smallest absolute Gasteiger partial charge is 0.259 e. The molecule has 0 aliphatic heterocycles. The predicted octanol–water partition coefficient (Wildman–Crippen LogP) is 5.03. The number of fused-ring (bicyclic) bond motifs is 2. The van der Waals surface area contributed by atoms with Crippen LogP contribution in [0, 0.1) is 17.1 Å². The molecule has 0 bridgehead atoms. The van der Waals surface area contributed by atoms with E-state index in [1.54, 1.807) is 30.3 Å². The van der Waals surface area contributed by atoms with Crippen LogP contribution < -0.4 is 10.3 Å². The van der Waals surface area contributed by atoms with Gasteiger partial charge in [-0.25, -0.2) is 9.37 Å². The van der Waals surface area contributed by atoms with Crippen molar-refractivity contribution in [3.8, 4) is 22.9 Å². The summed E-state index contributed by atoms with van der Waals surface area (Å²) < 4.78 is 20.8. The Bertz CT molecular complexity index is 1570. The normalized spacial score (nSPS) is 10.7. The number of hydrogen-bond acceptors (Lipinski definition) is 4. The number of nitrogens with one attached hydrogen (secondary N) is 1. The van der Waals surface area contributed by atoms with E-state index in [2.05, 4.69) is 16.0 Å². The number of pyridine rings is 1. The van der Waals surface area contributed by atoms with Crippen molar-refractivity contribution in [2.45, 2.75) is 6.54 Å². The maximum absolute atomic E-state index is 14.1. The SMILES string of the molecule is COc1ccc2c(=O)n(Cc3nc4ccccc4[nH]3)c(C#N)c(-c3cccc(F)c3)c2c1.Cl. The standard InChI is InChI=1S/C25H17FN4O2.ClH/c1-32-17-9-10-18-19(12-17)24(15-5-4-6-16(26)11-15)22(13-27)30(25(18)31)14-23-28-20-7-2-3-8-21(20)29-23;/h2-12H,14H2,1H3,(H,28,29);1H. The fourth-order valence-corrected chi connectivity index (χ4v) is 3.99. The molecule has 3 aromatic carbocycles. The largest absolute Gasteiger partial charge is 0.497 e. The molecule has 8 heteroatoms. The van der Waals surface area contributed by atoms with E-state index in [1.165, 1.54) is 23.8 Å². The molecule has 0 radical (unpaired) electrons. The average Bonchev–Trinajstić information content (AvgIpc) is 3.22. The van der Waals surface area contributed by atoms with Gasteiger partial charge in [-0.3, -0.25) is 9.36 Å². The maximum atomic E-state index is 14.1. The summed E-state index contributed by atoms with van der Waals surface area (Å²) in [4.78, 5) is 21.2. The molecule has 5 rings (SSSR count). The number of H-pyrrole nitrogens is 1. The lowest BCUT2D eigenvalue weighted by atomic mass is 9.96. The molecule has 33 heavy (non-hydrogen) atoms. The zero-order valence-corrected chi connectivity index (χ0v) is 18.3. The second kappa shape index (κ2) is 8.77. The summed E-state index contributed by atoms with van der Waals surface area (Å²) in [6, 6.07) is 20.7. The van der Waals surface area contributed by atoms with E-state index in [4.69, 9.17) is 4.74 Å². The quantitative estimate of drug-likeness (QED) is 0.407. The van der Waals surface area contributed by atoms with E-state index >= 15 is 0 Å². The van der Waals surface area contributed by atoms with Gasteiger partial charge in [-0.1, -0.05) is 24.3 Å². The lowest BCUT2D eigenvalue weighted by molar-refractivity contribution is 0.415.